The van der Waals surface area contributed by atoms with Crippen LogP contribution in [0.25, 0.3) is 0 Å². The largest absolute Gasteiger partial charge is 0.456 e. The maximum Gasteiger partial charge on any atom is 0.338 e. The van der Waals surface area contributed by atoms with Crippen molar-refractivity contribution in [2.75, 3.05) is 6.61 Å². The van der Waals surface area contributed by atoms with Crippen LogP contribution in [0.1, 0.15) is 23.7 Å². The van der Waals surface area contributed by atoms with Gasteiger partial charge in [-0.05, 0) is 42.8 Å². The summed E-state index contributed by atoms with van der Waals surface area (Å²) in [5.74, 6) is -0.412. The second-order valence-corrected chi connectivity index (χ2v) is 8.71. The van der Waals surface area contributed by atoms with Gasteiger partial charge in [0.15, 0.2) is 0 Å². The van der Waals surface area contributed by atoms with Gasteiger partial charge in [-0.15, -0.1) is 0 Å². The van der Waals surface area contributed by atoms with Crippen molar-refractivity contribution in [1.82, 2.24) is 0 Å². The van der Waals surface area contributed by atoms with Gasteiger partial charge in [0, 0.05) is 10.6 Å². The van der Waals surface area contributed by atoms with Crippen molar-refractivity contribution in [3.63, 3.8) is 0 Å². The maximum atomic E-state index is 13.8. The molecule has 0 radical (unpaired) electrons. The van der Waals surface area contributed by atoms with Crippen molar-refractivity contribution in [3.8, 4) is 0 Å². The summed E-state index contributed by atoms with van der Waals surface area (Å²) in [5.41, 5.74) is 0.482. The topological polar surface area (TPSA) is 52.6 Å². The summed E-state index contributed by atoms with van der Waals surface area (Å²) in [7, 11) is -3.30. The van der Waals surface area contributed by atoms with E-state index in [1.807, 2.05) is 49.4 Å². The molecule has 5 heteroatoms. The van der Waals surface area contributed by atoms with E-state index in [0.29, 0.717) is 22.6 Å². The summed E-state index contributed by atoms with van der Waals surface area (Å²) >= 11 is 0. The zero-order valence-corrected chi connectivity index (χ0v) is 16.6. The normalized spacial score (nSPS) is 12.3. The molecule has 0 N–H and O–H groups in total. The number of esters is 1. The molecule has 3 aromatic carbocycles. The van der Waals surface area contributed by atoms with Crippen LogP contribution in [0, 0.1) is 0 Å². The van der Waals surface area contributed by atoms with Crippen LogP contribution in [-0.4, -0.2) is 18.7 Å². The number of ether oxygens (including phenoxy) is 1. The van der Waals surface area contributed by atoms with Crippen molar-refractivity contribution in [1.29, 1.82) is 0 Å². The molecule has 0 bridgehead atoms. The van der Waals surface area contributed by atoms with Gasteiger partial charge in [-0.25, -0.2) is 4.79 Å². The van der Waals surface area contributed by atoms with Gasteiger partial charge in [-0.2, -0.15) is 0 Å². The highest BCUT2D eigenvalue weighted by molar-refractivity contribution is 7.74. The third kappa shape index (κ3) is 4.78. The van der Waals surface area contributed by atoms with Gasteiger partial charge in [0.1, 0.15) is 6.10 Å². The van der Waals surface area contributed by atoms with E-state index in [0.717, 1.165) is 0 Å². The molecule has 0 saturated carbocycles. The molecule has 3 aromatic rings. The third-order valence-corrected chi connectivity index (χ3v) is 6.84. The molecule has 1 atom stereocenters. The first-order valence-corrected chi connectivity index (χ1v) is 10.9. The predicted molar refractivity (Wildman–Crippen MR) is 112 cm³/mol. The Bertz CT molecular complexity index is 883. The SMILES string of the molecule is CCC(COP(=O)(c1ccccc1)c1ccccc1)OC(=O)c1ccccc1. The molecule has 0 saturated heterocycles. The Balaban J connectivity index is 1.77. The van der Waals surface area contributed by atoms with E-state index in [1.54, 1.807) is 48.5 Å². The molecule has 0 amide bonds. The summed E-state index contributed by atoms with van der Waals surface area (Å²) in [4.78, 5) is 12.3. The minimum atomic E-state index is -3.30. The highest BCUT2D eigenvalue weighted by atomic mass is 31.2. The van der Waals surface area contributed by atoms with Gasteiger partial charge in [-0.3, -0.25) is 4.57 Å². The first kappa shape index (κ1) is 20.1. The van der Waals surface area contributed by atoms with E-state index in [1.165, 1.54) is 0 Å². The Morgan fingerprint density at radius 1 is 0.821 bits per heavy atom. The lowest BCUT2D eigenvalue weighted by atomic mass is 10.2. The number of hydrogen-bond donors (Lipinski definition) is 0. The molecule has 0 aromatic heterocycles. The second-order valence-electron chi connectivity index (χ2n) is 6.32. The first-order valence-electron chi connectivity index (χ1n) is 9.25. The highest BCUT2D eigenvalue weighted by Crippen LogP contribution is 2.44. The number of carbonyl (C=O) groups is 1. The third-order valence-electron chi connectivity index (χ3n) is 4.37. The van der Waals surface area contributed by atoms with Crippen LogP contribution >= 0.6 is 7.37 Å². The van der Waals surface area contributed by atoms with E-state index in [9.17, 15) is 9.36 Å². The molecule has 0 spiro atoms. The fourth-order valence-electron chi connectivity index (χ4n) is 2.76. The molecule has 144 valence electrons. The van der Waals surface area contributed by atoms with Crippen LogP contribution in [0.15, 0.2) is 91.0 Å². The van der Waals surface area contributed by atoms with Crippen LogP contribution in [0.4, 0.5) is 0 Å². The fraction of sp³-hybridized carbons (Fsp3) is 0.174. The summed E-state index contributed by atoms with van der Waals surface area (Å²) < 4.78 is 25.4. The Hall–Kier alpha value is -2.68. The molecule has 0 aliphatic heterocycles. The zero-order chi connectivity index (χ0) is 19.8. The lowest BCUT2D eigenvalue weighted by molar-refractivity contribution is 0.0172. The minimum Gasteiger partial charge on any atom is -0.456 e. The Kier molecular flexibility index (Phi) is 6.80. The molecular weight excluding hydrogens is 371 g/mol. The van der Waals surface area contributed by atoms with Crippen LogP contribution in [0.3, 0.4) is 0 Å². The number of hydrogen-bond acceptors (Lipinski definition) is 4. The summed E-state index contributed by atoms with van der Waals surface area (Å²) in [5, 5.41) is 1.23. The summed E-state index contributed by atoms with van der Waals surface area (Å²) in [6, 6.07) is 27.1. The van der Waals surface area contributed by atoms with Crippen molar-refractivity contribution in [2.24, 2.45) is 0 Å². The molecule has 28 heavy (non-hydrogen) atoms. The van der Waals surface area contributed by atoms with Crippen LogP contribution in [-0.2, 0) is 13.8 Å². The van der Waals surface area contributed by atoms with Gasteiger partial charge >= 0.3 is 5.97 Å². The van der Waals surface area contributed by atoms with Crippen molar-refractivity contribution >= 4 is 23.9 Å². The molecule has 0 aliphatic rings. The van der Waals surface area contributed by atoms with E-state index in [4.69, 9.17) is 9.26 Å². The number of benzene rings is 3. The van der Waals surface area contributed by atoms with Gasteiger partial charge < -0.3 is 9.26 Å². The first-order chi connectivity index (χ1) is 13.6. The summed E-state index contributed by atoms with van der Waals surface area (Å²) in [6.45, 7) is 1.96. The van der Waals surface area contributed by atoms with Crippen molar-refractivity contribution < 1.29 is 18.6 Å². The molecule has 1 unspecified atom stereocenters. The molecule has 0 heterocycles. The molecule has 0 aliphatic carbocycles. The lowest BCUT2D eigenvalue weighted by Gasteiger charge is -2.23. The van der Waals surface area contributed by atoms with Gasteiger partial charge in [0.05, 0.1) is 12.2 Å². The Morgan fingerprint density at radius 2 is 1.29 bits per heavy atom. The minimum absolute atomic E-state index is 0.0517. The lowest BCUT2D eigenvalue weighted by Crippen LogP contribution is -2.26. The Morgan fingerprint density at radius 3 is 1.75 bits per heavy atom. The smallest absolute Gasteiger partial charge is 0.338 e. The monoisotopic (exact) mass is 394 g/mol. The van der Waals surface area contributed by atoms with Gasteiger partial charge in [0.2, 0.25) is 0 Å². The molecule has 3 rings (SSSR count). The average molecular weight is 394 g/mol. The predicted octanol–water partition coefficient (Wildman–Crippen LogP) is 4.57. The summed E-state index contributed by atoms with van der Waals surface area (Å²) in [6.07, 6.45) is 0.0655. The standard InChI is InChI=1S/C23H23O4P/c1-2-20(27-23(24)19-12-6-3-7-13-19)18-26-28(25,21-14-8-4-9-15-21)22-16-10-5-11-17-22/h3-17,20H,2,18H2,1H3. The van der Waals surface area contributed by atoms with E-state index < -0.39 is 19.4 Å². The van der Waals surface area contributed by atoms with Gasteiger partial charge in [0.25, 0.3) is 7.37 Å². The quantitative estimate of drug-likeness (QED) is 0.415. The van der Waals surface area contributed by atoms with E-state index >= 15 is 0 Å². The van der Waals surface area contributed by atoms with Crippen molar-refractivity contribution in [3.05, 3.63) is 96.6 Å². The van der Waals surface area contributed by atoms with E-state index in [2.05, 4.69) is 0 Å². The number of carbonyl (C=O) groups excluding carboxylic acids is 1. The Labute approximate surface area is 165 Å². The van der Waals surface area contributed by atoms with Gasteiger partial charge in [-0.1, -0.05) is 61.5 Å². The van der Waals surface area contributed by atoms with E-state index in [-0.39, 0.29) is 6.61 Å². The molecule has 0 fully saturated rings. The fourth-order valence-corrected chi connectivity index (χ4v) is 4.87. The maximum absolute atomic E-state index is 13.8. The van der Waals surface area contributed by atoms with Crippen molar-refractivity contribution in [2.45, 2.75) is 19.4 Å². The van der Waals surface area contributed by atoms with Crippen LogP contribution in [0.2, 0.25) is 0 Å². The van der Waals surface area contributed by atoms with Crippen LogP contribution in [0.5, 0.6) is 0 Å². The van der Waals surface area contributed by atoms with Crippen LogP contribution < -0.4 is 10.6 Å². The number of rotatable bonds is 8. The molecular formula is C23H23O4P. The highest BCUT2D eigenvalue weighted by Gasteiger charge is 2.30. The zero-order valence-electron chi connectivity index (χ0n) is 15.7. The second kappa shape index (κ2) is 9.50. The average Bonchev–Trinajstić information content (AvgIpc) is 2.78. The molecule has 4 nitrogen and oxygen atoms in total.